The molecule has 1 atom stereocenters. The van der Waals surface area contributed by atoms with E-state index in [-0.39, 0.29) is 10.9 Å². The molecule has 2 rings (SSSR count). The minimum absolute atomic E-state index is 0.0394. The first-order valence-corrected chi connectivity index (χ1v) is 9.31. The van der Waals surface area contributed by atoms with Gasteiger partial charge in [-0.15, -0.1) is 0 Å². The van der Waals surface area contributed by atoms with Gasteiger partial charge in [0.1, 0.15) is 0 Å². The van der Waals surface area contributed by atoms with Crippen LogP contribution in [0.5, 0.6) is 0 Å². The number of rotatable bonds is 4. The average molecular weight is 376 g/mol. The van der Waals surface area contributed by atoms with Gasteiger partial charge >= 0.3 is 0 Å². The first-order chi connectivity index (χ1) is 9.83. The summed E-state index contributed by atoms with van der Waals surface area (Å²) in [5, 5.41) is 0. The van der Waals surface area contributed by atoms with Crippen LogP contribution in [0, 0.1) is 6.92 Å². The van der Waals surface area contributed by atoms with Crippen molar-refractivity contribution >= 4 is 26.0 Å². The van der Waals surface area contributed by atoms with Crippen molar-refractivity contribution in [2.75, 3.05) is 20.1 Å². The Morgan fingerprint density at radius 1 is 1.48 bits per heavy atom. The predicted molar refractivity (Wildman–Crippen MR) is 87.6 cm³/mol. The highest BCUT2D eigenvalue weighted by Gasteiger charge is 2.26. The Morgan fingerprint density at radius 2 is 2.19 bits per heavy atom. The molecular weight excluding hydrogens is 354 g/mol. The first-order valence-electron chi connectivity index (χ1n) is 7.03. The fraction of sp³-hybridized carbons (Fsp3) is 0.571. The fourth-order valence-electron chi connectivity index (χ4n) is 2.67. The molecule has 1 aliphatic heterocycles. The Labute approximate surface area is 135 Å². The van der Waals surface area contributed by atoms with Crippen LogP contribution in [0.25, 0.3) is 0 Å². The second-order valence-corrected chi connectivity index (χ2v) is 8.13. The van der Waals surface area contributed by atoms with E-state index in [1.165, 1.54) is 0 Å². The third-order valence-corrected chi connectivity index (χ3v) is 6.61. The van der Waals surface area contributed by atoms with Gasteiger partial charge in [-0.2, -0.15) is 0 Å². The Bertz CT molecular complexity index is 619. The molecule has 0 amide bonds. The number of aryl methyl sites for hydroxylation is 1. The molecule has 21 heavy (non-hydrogen) atoms. The molecule has 1 unspecified atom stereocenters. The van der Waals surface area contributed by atoms with Gasteiger partial charge in [0.25, 0.3) is 0 Å². The maximum Gasteiger partial charge on any atom is 0.242 e. The van der Waals surface area contributed by atoms with Crippen molar-refractivity contribution in [2.24, 2.45) is 5.73 Å². The number of hydrogen-bond donors (Lipinski definition) is 2. The van der Waals surface area contributed by atoms with Crippen LogP contribution in [0.1, 0.15) is 24.0 Å². The molecule has 3 N–H and O–H groups in total. The number of benzene rings is 1. The number of sulfonamides is 1. The number of hydrogen-bond acceptors (Lipinski definition) is 4. The van der Waals surface area contributed by atoms with Crippen molar-refractivity contribution in [3.8, 4) is 0 Å². The van der Waals surface area contributed by atoms with Crippen molar-refractivity contribution < 1.29 is 8.42 Å². The summed E-state index contributed by atoms with van der Waals surface area (Å²) >= 11 is 3.39. The summed E-state index contributed by atoms with van der Waals surface area (Å²) in [4.78, 5) is 2.42. The highest BCUT2D eigenvalue weighted by molar-refractivity contribution is 9.10. The fourth-order valence-corrected chi connectivity index (χ4v) is 5.00. The van der Waals surface area contributed by atoms with Gasteiger partial charge in [-0.3, -0.25) is 0 Å². The quantitative estimate of drug-likeness (QED) is 0.837. The van der Waals surface area contributed by atoms with Gasteiger partial charge in [0.15, 0.2) is 0 Å². The Kier molecular flexibility index (Phi) is 5.43. The van der Waals surface area contributed by atoms with E-state index in [1.807, 2.05) is 20.0 Å². The van der Waals surface area contributed by atoms with Crippen LogP contribution >= 0.6 is 15.9 Å². The Hall–Kier alpha value is -0.470. The van der Waals surface area contributed by atoms with Gasteiger partial charge in [0, 0.05) is 23.6 Å². The average Bonchev–Trinajstić information content (AvgIpc) is 2.41. The van der Waals surface area contributed by atoms with Crippen LogP contribution in [-0.2, 0) is 16.6 Å². The topological polar surface area (TPSA) is 75.4 Å². The summed E-state index contributed by atoms with van der Waals surface area (Å²) < 4.78 is 28.7. The van der Waals surface area contributed by atoms with Gasteiger partial charge in [-0.25, -0.2) is 13.1 Å². The van der Waals surface area contributed by atoms with Gasteiger partial charge in [0.2, 0.25) is 10.0 Å². The summed E-state index contributed by atoms with van der Waals surface area (Å²) in [5.74, 6) is 0. The van der Waals surface area contributed by atoms with Crippen LogP contribution in [0.2, 0.25) is 0 Å². The predicted octanol–water partition coefficient (Wildman–Crippen LogP) is 1.59. The smallest absolute Gasteiger partial charge is 0.242 e. The molecule has 0 aromatic heterocycles. The summed E-state index contributed by atoms with van der Waals surface area (Å²) in [7, 11) is -1.54. The minimum Gasteiger partial charge on any atom is -0.326 e. The monoisotopic (exact) mass is 375 g/mol. The highest BCUT2D eigenvalue weighted by atomic mass is 79.9. The molecule has 5 nitrogen and oxygen atoms in total. The Morgan fingerprint density at radius 3 is 2.81 bits per heavy atom. The third kappa shape index (κ3) is 4.04. The van der Waals surface area contributed by atoms with Crippen molar-refractivity contribution in [3.05, 3.63) is 27.7 Å². The largest absolute Gasteiger partial charge is 0.326 e. The molecule has 1 saturated heterocycles. The number of halogens is 1. The Balaban J connectivity index is 2.29. The van der Waals surface area contributed by atoms with Crippen molar-refractivity contribution in [2.45, 2.75) is 37.2 Å². The molecule has 0 bridgehead atoms. The minimum atomic E-state index is -3.55. The van der Waals surface area contributed by atoms with E-state index in [2.05, 4.69) is 25.6 Å². The van der Waals surface area contributed by atoms with E-state index >= 15 is 0 Å². The highest BCUT2D eigenvalue weighted by Crippen LogP contribution is 2.27. The van der Waals surface area contributed by atoms with Crippen LogP contribution in [0.3, 0.4) is 0 Å². The lowest BCUT2D eigenvalue weighted by atomic mass is 10.1. The normalized spacial score (nSPS) is 20.7. The van der Waals surface area contributed by atoms with Crippen LogP contribution in [0.4, 0.5) is 0 Å². The molecule has 118 valence electrons. The molecule has 1 heterocycles. The number of piperidine rings is 1. The molecular formula is C14H22BrN3O2S. The summed E-state index contributed by atoms with van der Waals surface area (Å²) in [5.41, 5.74) is 7.34. The molecule has 1 aromatic rings. The molecule has 0 aliphatic carbocycles. The molecule has 7 heteroatoms. The zero-order chi connectivity index (χ0) is 15.6. The summed E-state index contributed by atoms with van der Waals surface area (Å²) in [6.07, 6.45) is 1.88. The van der Waals surface area contributed by atoms with Gasteiger partial charge < -0.3 is 10.6 Å². The van der Waals surface area contributed by atoms with Crippen molar-refractivity contribution in [1.82, 2.24) is 9.62 Å². The second-order valence-electron chi connectivity index (χ2n) is 5.65. The van der Waals surface area contributed by atoms with Crippen LogP contribution in [0.15, 0.2) is 21.5 Å². The van der Waals surface area contributed by atoms with E-state index in [0.717, 1.165) is 37.1 Å². The zero-order valence-electron chi connectivity index (χ0n) is 12.4. The molecule has 0 saturated carbocycles. The standard InChI is InChI=1S/C14H22BrN3O2S/c1-10-6-11(8-16)7-13(14(10)15)21(19,20)17-12-4-3-5-18(2)9-12/h6-7,12,17H,3-5,8-9,16H2,1-2H3. The molecule has 1 aliphatic rings. The van der Waals surface area contributed by atoms with E-state index in [9.17, 15) is 8.42 Å². The number of nitrogens with one attached hydrogen (secondary N) is 1. The lowest BCUT2D eigenvalue weighted by molar-refractivity contribution is 0.242. The SMILES string of the molecule is Cc1cc(CN)cc(S(=O)(=O)NC2CCCN(C)C2)c1Br. The number of nitrogens with zero attached hydrogens (tertiary/aromatic N) is 1. The van der Waals surface area contributed by atoms with Crippen LogP contribution < -0.4 is 10.5 Å². The van der Waals surface area contributed by atoms with E-state index < -0.39 is 10.0 Å². The lowest BCUT2D eigenvalue weighted by Crippen LogP contribution is -2.46. The van der Waals surface area contributed by atoms with Crippen LogP contribution in [-0.4, -0.2) is 39.5 Å². The van der Waals surface area contributed by atoms with Crippen molar-refractivity contribution in [3.63, 3.8) is 0 Å². The van der Waals surface area contributed by atoms with E-state index in [0.29, 0.717) is 11.0 Å². The maximum absolute atomic E-state index is 12.6. The number of likely N-dealkylation sites (tertiary alicyclic amines) is 1. The lowest BCUT2D eigenvalue weighted by Gasteiger charge is -2.30. The van der Waals surface area contributed by atoms with Gasteiger partial charge in [0.05, 0.1) is 4.90 Å². The zero-order valence-corrected chi connectivity index (χ0v) is 14.8. The number of nitrogens with two attached hydrogens (primary N) is 1. The molecule has 1 aromatic carbocycles. The van der Waals surface area contributed by atoms with E-state index in [1.54, 1.807) is 6.07 Å². The molecule has 1 fully saturated rings. The maximum atomic E-state index is 12.6. The number of likely N-dealkylation sites (N-methyl/N-ethyl adjacent to an activating group) is 1. The van der Waals surface area contributed by atoms with Gasteiger partial charge in [-0.1, -0.05) is 6.07 Å². The van der Waals surface area contributed by atoms with E-state index in [4.69, 9.17) is 5.73 Å². The molecule has 0 radical (unpaired) electrons. The summed E-state index contributed by atoms with van der Waals surface area (Å²) in [6, 6.07) is 3.51. The first kappa shape index (κ1) is 16.9. The van der Waals surface area contributed by atoms with Gasteiger partial charge in [-0.05, 0) is 66.5 Å². The third-order valence-electron chi connectivity index (χ3n) is 3.75. The molecule has 0 spiro atoms. The second kappa shape index (κ2) is 6.75. The summed E-state index contributed by atoms with van der Waals surface area (Å²) in [6.45, 7) is 3.95. The van der Waals surface area contributed by atoms with Crippen molar-refractivity contribution in [1.29, 1.82) is 0 Å².